The van der Waals surface area contributed by atoms with Crippen molar-refractivity contribution < 1.29 is 9.53 Å². The second kappa shape index (κ2) is 2.18. The maximum Gasteiger partial charge on any atom is 0.136 e. The second-order valence-corrected chi connectivity index (χ2v) is 3.45. The van der Waals surface area contributed by atoms with Gasteiger partial charge in [0.15, 0.2) is 0 Å². The van der Waals surface area contributed by atoms with Gasteiger partial charge >= 0.3 is 0 Å². The molecule has 2 bridgehead atoms. The molecule has 0 aliphatic carbocycles. The Labute approximate surface area is 66.2 Å². The van der Waals surface area contributed by atoms with Crippen LogP contribution >= 0.6 is 0 Å². The van der Waals surface area contributed by atoms with Gasteiger partial charge in [-0.2, -0.15) is 0 Å². The first-order valence-corrected chi connectivity index (χ1v) is 4.04. The Balaban J connectivity index is 2.25. The van der Waals surface area contributed by atoms with Gasteiger partial charge in [-0.3, -0.25) is 4.79 Å². The summed E-state index contributed by atoms with van der Waals surface area (Å²) < 4.78 is 5.53. The Morgan fingerprint density at radius 1 is 1.36 bits per heavy atom. The number of carbonyl (C=O) groups excluding carboxylic acids is 1. The minimum absolute atomic E-state index is 0.0764. The number of hydrogen-bond donors (Lipinski definition) is 0. The molecule has 2 heteroatoms. The van der Waals surface area contributed by atoms with Crippen molar-refractivity contribution in [1.82, 2.24) is 0 Å². The molecule has 2 aliphatic rings. The van der Waals surface area contributed by atoms with Gasteiger partial charge < -0.3 is 4.74 Å². The van der Waals surface area contributed by atoms with Crippen molar-refractivity contribution in [2.45, 2.75) is 26.1 Å². The zero-order chi connectivity index (χ0) is 8.01. The summed E-state index contributed by atoms with van der Waals surface area (Å²) in [6.07, 6.45) is 4.35. The van der Waals surface area contributed by atoms with Crippen LogP contribution in [-0.2, 0) is 9.53 Å². The molecule has 1 fully saturated rings. The van der Waals surface area contributed by atoms with Crippen molar-refractivity contribution in [3.05, 3.63) is 12.2 Å². The molecule has 4 unspecified atom stereocenters. The van der Waals surface area contributed by atoms with Crippen molar-refractivity contribution in [1.29, 1.82) is 0 Å². The molecule has 60 valence electrons. The van der Waals surface area contributed by atoms with E-state index in [1.165, 1.54) is 0 Å². The number of hydrogen-bond acceptors (Lipinski definition) is 2. The Morgan fingerprint density at radius 3 is 2.36 bits per heavy atom. The normalized spacial score (nSPS) is 46.7. The monoisotopic (exact) mass is 152 g/mol. The zero-order valence-corrected chi connectivity index (χ0v) is 6.78. The zero-order valence-electron chi connectivity index (χ0n) is 6.78. The summed E-state index contributed by atoms with van der Waals surface area (Å²) in [7, 11) is 0. The summed E-state index contributed by atoms with van der Waals surface area (Å²) in [5, 5.41) is 0. The molecule has 2 nitrogen and oxygen atoms in total. The van der Waals surface area contributed by atoms with E-state index in [4.69, 9.17) is 4.74 Å². The molecule has 0 amide bonds. The number of Topliss-reactive ketones (excluding diaryl/α,β-unsaturated/α-hetero) is 1. The van der Waals surface area contributed by atoms with Crippen LogP contribution in [0.2, 0.25) is 0 Å². The molecule has 0 spiro atoms. The smallest absolute Gasteiger partial charge is 0.136 e. The molecule has 1 saturated heterocycles. The lowest BCUT2D eigenvalue weighted by atomic mass is 9.82. The molecule has 0 aromatic carbocycles. The molecule has 4 atom stereocenters. The molecule has 2 aliphatic heterocycles. The molecule has 0 saturated carbocycles. The van der Waals surface area contributed by atoms with E-state index in [0.29, 0.717) is 5.92 Å². The van der Waals surface area contributed by atoms with E-state index in [9.17, 15) is 4.79 Å². The van der Waals surface area contributed by atoms with Gasteiger partial charge in [0, 0.05) is 0 Å². The molecule has 0 radical (unpaired) electrons. The van der Waals surface area contributed by atoms with E-state index in [-0.39, 0.29) is 23.9 Å². The third-order valence-electron chi connectivity index (χ3n) is 2.71. The average molecular weight is 152 g/mol. The summed E-state index contributed by atoms with van der Waals surface area (Å²) in [5.74, 6) is 0.752. The van der Waals surface area contributed by atoms with Gasteiger partial charge in [0.2, 0.25) is 0 Å². The Hall–Kier alpha value is -0.630. The van der Waals surface area contributed by atoms with E-state index in [2.05, 4.69) is 13.0 Å². The van der Waals surface area contributed by atoms with Gasteiger partial charge in [-0.25, -0.2) is 0 Å². The molecule has 0 aromatic rings. The highest BCUT2D eigenvalue weighted by atomic mass is 16.5. The van der Waals surface area contributed by atoms with Gasteiger partial charge in [0.25, 0.3) is 0 Å². The van der Waals surface area contributed by atoms with E-state index < -0.39 is 0 Å². The van der Waals surface area contributed by atoms with Crippen LogP contribution in [0.4, 0.5) is 0 Å². The third kappa shape index (κ3) is 0.857. The van der Waals surface area contributed by atoms with Crippen LogP contribution in [-0.4, -0.2) is 18.0 Å². The molecule has 2 heterocycles. The Kier molecular flexibility index (Phi) is 1.39. The number of ether oxygens (including phenoxy) is 1. The summed E-state index contributed by atoms with van der Waals surface area (Å²) >= 11 is 0. The number of ketones is 1. The van der Waals surface area contributed by atoms with E-state index in [1.54, 1.807) is 6.92 Å². The molecular weight excluding hydrogens is 140 g/mol. The predicted octanol–water partition coefficient (Wildman–Crippen LogP) is 1.16. The largest absolute Gasteiger partial charge is 0.366 e. The molecule has 11 heavy (non-hydrogen) atoms. The van der Waals surface area contributed by atoms with Crippen molar-refractivity contribution in [3.8, 4) is 0 Å². The quantitative estimate of drug-likeness (QED) is 0.527. The molecule has 2 rings (SSSR count). The summed E-state index contributed by atoms with van der Waals surface area (Å²) in [4.78, 5) is 11.1. The Morgan fingerprint density at radius 2 is 2.00 bits per heavy atom. The molecule has 0 aromatic heterocycles. The lowest BCUT2D eigenvalue weighted by Crippen LogP contribution is -2.27. The van der Waals surface area contributed by atoms with Crippen LogP contribution in [0.25, 0.3) is 0 Å². The fourth-order valence-corrected chi connectivity index (χ4v) is 2.10. The number of carbonyl (C=O) groups is 1. The van der Waals surface area contributed by atoms with Crippen LogP contribution in [0.5, 0.6) is 0 Å². The highest BCUT2D eigenvalue weighted by Gasteiger charge is 2.45. The van der Waals surface area contributed by atoms with E-state index in [1.807, 2.05) is 6.08 Å². The van der Waals surface area contributed by atoms with Gasteiger partial charge in [0.05, 0.1) is 18.1 Å². The fraction of sp³-hybridized carbons (Fsp3) is 0.667. The highest BCUT2D eigenvalue weighted by Crippen LogP contribution is 2.38. The first kappa shape index (κ1) is 7.04. The van der Waals surface area contributed by atoms with Crippen molar-refractivity contribution in [2.24, 2.45) is 11.8 Å². The molecular formula is C9H12O2. The van der Waals surface area contributed by atoms with E-state index in [0.717, 1.165) is 0 Å². The van der Waals surface area contributed by atoms with Crippen LogP contribution < -0.4 is 0 Å². The summed E-state index contributed by atoms with van der Waals surface area (Å²) in [5.41, 5.74) is 0. The lowest BCUT2D eigenvalue weighted by Gasteiger charge is -2.17. The van der Waals surface area contributed by atoms with Gasteiger partial charge in [-0.05, 0) is 12.8 Å². The number of fused-ring (bicyclic) bond motifs is 2. The number of rotatable bonds is 1. The first-order valence-electron chi connectivity index (χ1n) is 4.04. The summed E-state index contributed by atoms with van der Waals surface area (Å²) in [6, 6.07) is 0. The fourth-order valence-electron chi connectivity index (χ4n) is 2.10. The SMILES string of the molecule is CC(=O)C1C2C=CC(O2)C1C. The van der Waals surface area contributed by atoms with Gasteiger partial charge in [-0.15, -0.1) is 0 Å². The maximum absolute atomic E-state index is 11.1. The lowest BCUT2D eigenvalue weighted by molar-refractivity contribution is -0.122. The van der Waals surface area contributed by atoms with E-state index >= 15 is 0 Å². The van der Waals surface area contributed by atoms with Crippen LogP contribution in [0.1, 0.15) is 13.8 Å². The Bertz CT molecular complexity index is 220. The standard InChI is InChI=1S/C9H12O2/c1-5-7-3-4-8(11-7)9(5)6(2)10/h3-5,7-9H,1-2H3. The van der Waals surface area contributed by atoms with Crippen LogP contribution in [0.15, 0.2) is 12.2 Å². The highest BCUT2D eigenvalue weighted by molar-refractivity contribution is 5.80. The van der Waals surface area contributed by atoms with Crippen molar-refractivity contribution >= 4 is 5.78 Å². The van der Waals surface area contributed by atoms with Crippen molar-refractivity contribution in [2.75, 3.05) is 0 Å². The second-order valence-electron chi connectivity index (χ2n) is 3.45. The average Bonchev–Trinajstić information content (AvgIpc) is 2.44. The first-order chi connectivity index (χ1) is 5.20. The minimum atomic E-state index is 0.0764. The van der Waals surface area contributed by atoms with Gasteiger partial charge in [-0.1, -0.05) is 19.1 Å². The van der Waals surface area contributed by atoms with Crippen LogP contribution in [0.3, 0.4) is 0 Å². The predicted molar refractivity (Wildman–Crippen MR) is 41.1 cm³/mol. The van der Waals surface area contributed by atoms with Crippen molar-refractivity contribution in [3.63, 3.8) is 0 Å². The third-order valence-corrected chi connectivity index (χ3v) is 2.71. The molecule has 0 N–H and O–H groups in total. The minimum Gasteiger partial charge on any atom is -0.366 e. The van der Waals surface area contributed by atoms with Crippen LogP contribution in [0, 0.1) is 11.8 Å². The maximum atomic E-state index is 11.1. The topological polar surface area (TPSA) is 26.3 Å². The van der Waals surface area contributed by atoms with Gasteiger partial charge in [0.1, 0.15) is 5.78 Å². The summed E-state index contributed by atoms with van der Waals surface area (Å²) in [6.45, 7) is 3.74.